The summed E-state index contributed by atoms with van der Waals surface area (Å²) >= 11 is 2.16. The van der Waals surface area contributed by atoms with Crippen LogP contribution in [0.4, 0.5) is 10.5 Å². The molecule has 1 aromatic rings. The minimum Gasteiger partial charge on any atom is -0.480 e. The first-order chi connectivity index (χ1) is 9.92. The highest BCUT2D eigenvalue weighted by Crippen LogP contribution is 2.11. The average molecular weight is 400 g/mol. The average Bonchev–Trinajstić information content (AvgIpc) is 2.41. The van der Waals surface area contributed by atoms with Gasteiger partial charge in [0.2, 0.25) is 0 Å². The number of carboxylic acids is 1. The number of carboxylic acid groups (broad SMARTS) is 1. The fourth-order valence-corrected chi connectivity index (χ4v) is 2.01. The molecule has 3 N–H and O–H groups in total. The van der Waals surface area contributed by atoms with Crippen LogP contribution in [-0.2, 0) is 4.79 Å². The Morgan fingerprint density at radius 3 is 2.52 bits per heavy atom. The number of halogens is 1. The predicted octanol–water partition coefficient (Wildman–Crippen LogP) is 3.39. The summed E-state index contributed by atoms with van der Waals surface area (Å²) in [5, 5.41) is 14.2. The maximum atomic E-state index is 11.8. The molecule has 1 aromatic carbocycles. The minimum absolute atomic E-state index is 0.224. The molecule has 112 valence electrons. The second-order valence-corrected chi connectivity index (χ2v) is 5.69. The van der Waals surface area contributed by atoms with E-state index in [1.165, 1.54) is 0 Å². The largest absolute Gasteiger partial charge is 0.480 e. The summed E-state index contributed by atoms with van der Waals surface area (Å²) in [7, 11) is 0. The van der Waals surface area contributed by atoms with Crippen molar-refractivity contribution >= 4 is 40.3 Å². The number of hydrogen-bond acceptors (Lipinski definition) is 2. The molecule has 2 amide bonds. The Kier molecular flexibility index (Phi) is 6.93. The van der Waals surface area contributed by atoms with Crippen LogP contribution < -0.4 is 10.6 Å². The monoisotopic (exact) mass is 400 g/mol. The summed E-state index contributed by atoms with van der Waals surface area (Å²) in [4.78, 5) is 23.0. The molecule has 0 saturated heterocycles. The van der Waals surface area contributed by atoms with Crippen molar-refractivity contribution in [1.29, 1.82) is 0 Å². The van der Waals surface area contributed by atoms with Crippen LogP contribution in [-0.4, -0.2) is 23.1 Å². The third-order valence-corrected chi connectivity index (χ3v) is 3.35. The zero-order chi connectivity index (χ0) is 15.8. The van der Waals surface area contributed by atoms with Gasteiger partial charge in [0.05, 0.1) is 0 Å². The zero-order valence-electron chi connectivity index (χ0n) is 11.6. The lowest BCUT2D eigenvalue weighted by molar-refractivity contribution is -0.139. The number of hydrogen-bond donors (Lipinski definition) is 3. The first-order valence-corrected chi connectivity index (χ1v) is 7.34. The maximum Gasteiger partial charge on any atom is 0.326 e. The topological polar surface area (TPSA) is 78.4 Å². The molecule has 0 bridgehead atoms. The van der Waals surface area contributed by atoms with Gasteiger partial charge in [0, 0.05) is 9.26 Å². The van der Waals surface area contributed by atoms with Gasteiger partial charge in [-0.15, -0.1) is 0 Å². The molecule has 0 spiro atoms. The highest BCUT2D eigenvalue weighted by molar-refractivity contribution is 14.1. The Morgan fingerprint density at radius 1 is 1.38 bits per heavy atom. The van der Waals surface area contributed by atoms with Crippen LogP contribution in [0, 0.1) is 3.57 Å². The summed E-state index contributed by atoms with van der Waals surface area (Å²) in [6.07, 6.45) is 3.52. The van der Waals surface area contributed by atoms with E-state index < -0.39 is 18.0 Å². The number of nitrogens with one attached hydrogen (secondary N) is 2. The molecule has 0 unspecified atom stereocenters. The van der Waals surface area contributed by atoms with Gasteiger partial charge in [0.15, 0.2) is 0 Å². The molecule has 0 heterocycles. The first-order valence-electron chi connectivity index (χ1n) is 6.26. The molecule has 6 heteroatoms. The van der Waals surface area contributed by atoms with E-state index in [9.17, 15) is 9.59 Å². The van der Waals surface area contributed by atoms with Crippen molar-refractivity contribution in [2.45, 2.75) is 19.4 Å². The van der Waals surface area contributed by atoms with Crippen LogP contribution in [0.1, 0.15) is 13.3 Å². The fraction of sp³-hybridized carbons (Fsp3) is 0.200. The van der Waals surface area contributed by atoms with E-state index in [2.05, 4.69) is 39.8 Å². The summed E-state index contributed by atoms with van der Waals surface area (Å²) in [5.74, 6) is -1.08. The van der Waals surface area contributed by atoms with E-state index >= 15 is 0 Å². The smallest absolute Gasteiger partial charge is 0.326 e. The minimum atomic E-state index is -1.08. The van der Waals surface area contributed by atoms with Crippen LogP contribution in [0.5, 0.6) is 0 Å². The normalized spacial score (nSPS) is 12.4. The van der Waals surface area contributed by atoms with Gasteiger partial charge in [0.1, 0.15) is 6.04 Å². The molecule has 0 aliphatic carbocycles. The number of urea groups is 1. The molecule has 5 nitrogen and oxygen atoms in total. The van der Waals surface area contributed by atoms with Crippen LogP contribution in [0.15, 0.2) is 48.6 Å². The maximum absolute atomic E-state index is 11.8. The Balaban J connectivity index is 2.64. The number of rotatable bonds is 6. The van der Waals surface area contributed by atoms with E-state index in [1.54, 1.807) is 31.2 Å². The Hall–Kier alpha value is -1.83. The Labute approximate surface area is 137 Å². The molecule has 0 aliphatic rings. The highest BCUT2D eigenvalue weighted by Gasteiger charge is 2.20. The first kappa shape index (κ1) is 17.2. The molecule has 1 atom stereocenters. The van der Waals surface area contributed by atoms with Gasteiger partial charge < -0.3 is 15.7 Å². The van der Waals surface area contributed by atoms with Gasteiger partial charge in [0.25, 0.3) is 0 Å². The number of aliphatic carboxylic acids is 1. The molecule has 0 saturated carbocycles. The molecule has 0 radical (unpaired) electrons. The standard InChI is InChI=1S/C15H17IN2O3/c1-3-4-10(2)9-13(14(19)20)18-15(21)17-12-7-5-11(16)6-8-12/h3-8,13H,1,9H2,2H3,(H,19,20)(H2,17,18,21)/b10-4+/t13-/m0/s1. The summed E-state index contributed by atoms with van der Waals surface area (Å²) < 4.78 is 1.05. The predicted molar refractivity (Wildman–Crippen MR) is 91.3 cm³/mol. The third-order valence-electron chi connectivity index (χ3n) is 2.63. The van der Waals surface area contributed by atoms with Gasteiger partial charge in [-0.2, -0.15) is 0 Å². The van der Waals surface area contributed by atoms with E-state index in [-0.39, 0.29) is 6.42 Å². The van der Waals surface area contributed by atoms with Crippen molar-refractivity contribution in [3.63, 3.8) is 0 Å². The van der Waals surface area contributed by atoms with Crippen molar-refractivity contribution in [2.24, 2.45) is 0 Å². The zero-order valence-corrected chi connectivity index (χ0v) is 13.8. The van der Waals surface area contributed by atoms with Gasteiger partial charge in [-0.3, -0.25) is 0 Å². The molecule has 0 aromatic heterocycles. The Morgan fingerprint density at radius 2 is 2.00 bits per heavy atom. The number of benzene rings is 1. The molecular formula is C15H17IN2O3. The highest BCUT2D eigenvalue weighted by atomic mass is 127. The number of allylic oxidation sites excluding steroid dienone is 2. The number of carbonyl (C=O) groups is 2. The Bertz CT molecular complexity index is 553. The second kappa shape index (κ2) is 8.46. The molecular weight excluding hydrogens is 383 g/mol. The fourth-order valence-electron chi connectivity index (χ4n) is 1.65. The van der Waals surface area contributed by atoms with Crippen molar-refractivity contribution in [3.05, 3.63) is 52.1 Å². The SMILES string of the molecule is C=C/C=C(\C)C[C@H](NC(=O)Nc1ccc(I)cc1)C(=O)O. The van der Waals surface area contributed by atoms with Crippen LogP contribution in [0.25, 0.3) is 0 Å². The lowest BCUT2D eigenvalue weighted by Gasteiger charge is -2.15. The third kappa shape index (κ3) is 6.44. The van der Waals surface area contributed by atoms with Crippen molar-refractivity contribution in [1.82, 2.24) is 5.32 Å². The number of carbonyl (C=O) groups excluding carboxylic acids is 1. The van der Waals surface area contributed by atoms with E-state index in [4.69, 9.17) is 5.11 Å². The van der Waals surface area contributed by atoms with Crippen LogP contribution >= 0.6 is 22.6 Å². The van der Waals surface area contributed by atoms with Gasteiger partial charge in [-0.05, 0) is 60.2 Å². The van der Waals surface area contributed by atoms with Crippen molar-refractivity contribution < 1.29 is 14.7 Å². The van der Waals surface area contributed by atoms with E-state index in [0.29, 0.717) is 5.69 Å². The van der Waals surface area contributed by atoms with E-state index in [0.717, 1.165) is 9.14 Å². The van der Waals surface area contributed by atoms with Crippen molar-refractivity contribution in [2.75, 3.05) is 5.32 Å². The van der Waals surface area contributed by atoms with Crippen molar-refractivity contribution in [3.8, 4) is 0 Å². The van der Waals surface area contributed by atoms with Gasteiger partial charge in [-0.25, -0.2) is 9.59 Å². The van der Waals surface area contributed by atoms with Crippen LogP contribution in [0.2, 0.25) is 0 Å². The second-order valence-electron chi connectivity index (χ2n) is 4.45. The molecule has 0 fully saturated rings. The summed E-state index contributed by atoms with van der Waals surface area (Å²) in [6.45, 7) is 5.34. The molecule has 1 rings (SSSR count). The number of anilines is 1. The number of amides is 2. The van der Waals surface area contributed by atoms with Gasteiger partial charge in [-0.1, -0.05) is 24.3 Å². The lowest BCUT2D eigenvalue weighted by Crippen LogP contribution is -2.43. The quantitative estimate of drug-likeness (QED) is 0.506. The molecule has 21 heavy (non-hydrogen) atoms. The summed E-state index contributed by atoms with van der Waals surface area (Å²) in [5.41, 5.74) is 1.43. The summed E-state index contributed by atoms with van der Waals surface area (Å²) in [6, 6.07) is 5.67. The van der Waals surface area contributed by atoms with Gasteiger partial charge >= 0.3 is 12.0 Å². The van der Waals surface area contributed by atoms with Crippen LogP contribution in [0.3, 0.4) is 0 Å². The van der Waals surface area contributed by atoms with E-state index in [1.807, 2.05) is 12.1 Å². The lowest BCUT2D eigenvalue weighted by atomic mass is 10.1. The molecule has 0 aliphatic heterocycles.